The number of nitrogens with zero attached hydrogens (tertiary/aromatic N) is 2. The van der Waals surface area contributed by atoms with Gasteiger partial charge in [0.05, 0.1) is 0 Å². The molecule has 112 valence electrons. The molecule has 1 fully saturated rings. The molecular formula is C13H17ClF3N3. The van der Waals surface area contributed by atoms with Gasteiger partial charge in [0.25, 0.3) is 0 Å². The van der Waals surface area contributed by atoms with Crippen molar-refractivity contribution >= 4 is 17.4 Å². The van der Waals surface area contributed by atoms with Crippen molar-refractivity contribution in [3.8, 4) is 0 Å². The van der Waals surface area contributed by atoms with Gasteiger partial charge in [-0.15, -0.1) is 0 Å². The minimum Gasteiger partial charge on any atom is -0.367 e. The predicted octanol–water partition coefficient (Wildman–Crippen LogP) is 4.53. The molecule has 1 saturated carbocycles. The van der Waals surface area contributed by atoms with Crippen LogP contribution < -0.4 is 5.32 Å². The highest BCUT2D eigenvalue weighted by Crippen LogP contribution is 2.31. The lowest BCUT2D eigenvalue weighted by Crippen LogP contribution is -2.28. The lowest BCUT2D eigenvalue weighted by Gasteiger charge is -2.29. The molecule has 0 aromatic carbocycles. The Hall–Kier alpha value is -1.04. The number of aromatic nitrogens is 2. The van der Waals surface area contributed by atoms with Gasteiger partial charge in [0, 0.05) is 12.1 Å². The van der Waals surface area contributed by atoms with Crippen molar-refractivity contribution in [3.05, 3.63) is 17.0 Å². The zero-order chi connectivity index (χ0) is 14.8. The highest BCUT2D eigenvalue weighted by atomic mass is 35.5. The molecule has 2 rings (SSSR count). The van der Waals surface area contributed by atoms with E-state index in [1.807, 2.05) is 0 Å². The number of alkyl halides is 3. The van der Waals surface area contributed by atoms with E-state index in [9.17, 15) is 13.2 Å². The quantitative estimate of drug-likeness (QED) is 0.834. The van der Waals surface area contributed by atoms with E-state index >= 15 is 0 Å². The molecule has 0 amide bonds. The second-order valence-electron chi connectivity index (χ2n) is 5.18. The first-order valence-corrected chi connectivity index (χ1v) is 7.14. The number of anilines is 1. The maximum absolute atomic E-state index is 12.6. The number of halogens is 4. The summed E-state index contributed by atoms with van der Waals surface area (Å²) in [5.74, 6) is -0.421. The topological polar surface area (TPSA) is 37.8 Å². The third-order valence-corrected chi connectivity index (χ3v) is 3.85. The highest BCUT2D eigenvalue weighted by molar-refractivity contribution is 6.29. The van der Waals surface area contributed by atoms with Crippen molar-refractivity contribution in [2.75, 3.05) is 5.32 Å². The molecule has 0 saturated heterocycles. The summed E-state index contributed by atoms with van der Waals surface area (Å²) in [6, 6.07) is 1.49. The molecule has 20 heavy (non-hydrogen) atoms. The molecule has 1 aromatic heterocycles. The molecule has 1 aliphatic carbocycles. The van der Waals surface area contributed by atoms with Crippen molar-refractivity contribution in [2.45, 2.75) is 51.2 Å². The van der Waals surface area contributed by atoms with Crippen molar-refractivity contribution in [3.63, 3.8) is 0 Å². The summed E-state index contributed by atoms with van der Waals surface area (Å²) >= 11 is 5.64. The van der Waals surface area contributed by atoms with E-state index in [1.165, 1.54) is 12.5 Å². The van der Waals surface area contributed by atoms with E-state index in [-0.39, 0.29) is 17.0 Å². The summed E-state index contributed by atoms with van der Waals surface area (Å²) in [5, 5.41) is 2.87. The first kappa shape index (κ1) is 15.4. The summed E-state index contributed by atoms with van der Waals surface area (Å²) in [5.41, 5.74) is 0. The third kappa shape index (κ3) is 3.98. The maximum atomic E-state index is 12.6. The molecule has 2 atom stereocenters. The van der Waals surface area contributed by atoms with Gasteiger partial charge in [0.2, 0.25) is 5.82 Å². The van der Waals surface area contributed by atoms with Gasteiger partial charge in [-0.3, -0.25) is 0 Å². The molecule has 1 heterocycles. The zero-order valence-corrected chi connectivity index (χ0v) is 11.9. The zero-order valence-electron chi connectivity index (χ0n) is 11.2. The summed E-state index contributed by atoms with van der Waals surface area (Å²) in [4.78, 5) is 6.74. The average Bonchev–Trinajstić information content (AvgIpc) is 2.37. The van der Waals surface area contributed by atoms with Crippen LogP contribution in [0, 0.1) is 5.92 Å². The number of nitrogens with one attached hydrogen (secondary N) is 1. The van der Waals surface area contributed by atoms with Gasteiger partial charge in [-0.2, -0.15) is 13.2 Å². The SMILES string of the molecule is CCC1CCCC(Nc2cc(Cl)nc(C(F)(F)F)n2)C1. The van der Waals surface area contributed by atoms with Crippen LogP contribution in [0.2, 0.25) is 5.15 Å². The second-order valence-corrected chi connectivity index (χ2v) is 5.57. The summed E-state index contributed by atoms with van der Waals surface area (Å²) < 4.78 is 37.9. The Balaban J connectivity index is 2.11. The molecule has 0 radical (unpaired) electrons. The van der Waals surface area contributed by atoms with Gasteiger partial charge >= 0.3 is 6.18 Å². The van der Waals surface area contributed by atoms with Gasteiger partial charge in [0.1, 0.15) is 11.0 Å². The second kappa shape index (κ2) is 6.16. The maximum Gasteiger partial charge on any atom is 0.451 e. The molecule has 7 heteroatoms. The van der Waals surface area contributed by atoms with Gasteiger partial charge < -0.3 is 5.32 Å². The molecule has 3 nitrogen and oxygen atoms in total. The Bertz CT molecular complexity index is 465. The average molecular weight is 308 g/mol. The standard InChI is InChI=1S/C13H17ClF3N3/c1-2-8-4-3-5-9(6-8)18-11-7-10(14)19-12(20-11)13(15,16)17/h7-9H,2-6H2,1H3,(H,18,19,20). The molecular weight excluding hydrogens is 291 g/mol. The monoisotopic (exact) mass is 307 g/mol. The fourth-order valence-electron chi connectivity index (χ4n) is 2.62. The van der Waals surface area contributed by atoms with E-state index in [0.717, 1.165) is 25.7 Å². The van der Waals surface area contributed by atoms with Gasteiger partial charge in [-0.25, -0.2) is 9.97 Å². The largest absolute Gasteiger partial charge is 0.451 e. The van der Waals surface area contributed by atoms with Crippen LogP contribution in [-0.4, -0.2) is 16.0 Å². The summed E-state index contributed by atoms with van der Waals surface area (Å²) in [7, 11) is 0. The molecule has 1 aromatic rings. The minimum absolute atomic E-state index is 0.152. The lowest BCUT2D eigenvalue weighted by atomic mass is 9.84. The van der Waals surface area contributed by atoms with Crippen LogP contribution in [0.4, 0.5) is 19.0 Å². The van der Waals surface area contributed by atoms with Crippen LogP contribution in [0.5, 0.6) is 0 Å². The fourth-order valence-corrected chi connectivity index (χ4v) is 2.80. The first-order valence-electron chi connectivity index (χ1n) is 6.76. The Morgan fingerprint density at radius 1 is 1.35 bits per heavy atom. The van der Waals surface area contributed by atoms with Crippen molar-refractivity contribution < 1.29 is 13.2 Å². The van der Waals surface area contributed by atoms with Gasteiger partial charge in [0.15, 0.2) is 0 Å². The van der Waals surface area contributed by atoms with Crippen molar-refractivity contribution in [1.82, 2.24) is 9.97 Å². The smallest absolute Gasteiger partial charge is 0.367 e. The Kier molecular flexibility index (Phi) is 4.73. The summed E-state index contributed by atoms with van der Waals surface area (Å²) in [6.07, 6.45) is 0.684. The van der Waals surface area contributed by atoms with E-state index in [2.05, 4.69) is 22.2 Å². The Morgan fingerprint density at radius 2 is 2.10 bits per heavy atom. The highest BCUT2D eigenvalue weighted by Gasteiger charge is 2.35. The predicted molar refractivity (Wildman–Crippen MR) is 71.7 cm³/mol. The van der Waals surface area contributed by atoms with Crippen molar-refractivity contribution in [1.29, 1.82) is 0 Å². The third-order valence-electron chi connectivity index (χ3n) is 3.66. The minimum atomic E-state index is -4.58. The number of hydrogen-bond acceptors (Lipinski definition) is 3. The molecule has 1 N–H and O–H groups in total. The van der Waals surface area contributed by atoms with Crippen LogP contribution in [0.1, 0.15) is 44.9 Å². The fraction of sp³-hybridized carbons (Fsp3) is 0.692. The van der Waals surface area contributed by atoms with Gasteiger partial charge in [-0.1, -0.05) is 37.8 Å². The lowest BCUT2D eigenvalue weighted by molar-refractivity contribution is -0.144. The Labute approximate surface area is 120 Å². The normalized spacial score (nSPS) is 23.6. The molecule has 1 aliphatic rings. The van der Waals surface area contributed by atoms with Crippen LogP contribution in [0.25, 0.3) is 0 Å². The van der Waals surface area contributed by atoms with E-state index in [0.29, 0.717) is 5.92 Å². The van der Waals surface area contributed by atoms with Crippen LogP contribution in [0.15, 0.2) is 6.07 Å². The molecule has 0 aliphatic heterocycles. The van der Waals surface area contributed by atoms with Crippen LogP contribution >= 0.6 is 11.6 Å². The number of hydrogen-bond donors (Lipinski definition) is 1. The van der Waals surface area contributed by atoms with E-state index in [4.69, 9.17) is 11.6 Å². The van der Waals surface area contributed by atoms with Crippen LogP contribution in [-0.2, 0) is 6.18 Å². The molecule has 2 unspecified atom stereocenters. The summed E-state index contributed by atoms with van der Waals surface area (Å²) in [6.45, 7) is 2.14. The Morgan fingerprint density at radius 3 is 2.75 bits per heavy atom. The van der Waals surface area contributed by atoms with Crippen molar-refractivity contribution in [2.24, 2.45) is 5.92 Å². The molecule has 0 spiro atoms. The molecule has 0 bridgehead atoms. The van der Waals surface area contributed by atoms with Gasteiger partial charge in [-0.05, 0) is 18.8 Å². The van der Waals surface area contributed by atoms with E-state index in [1.54, 1.807) is 0 Å². The number of rotatable bonds is 3. The van der Waals surface area contributed by atoms with E-state index < -0.39 is 12.0 Å². The van der Waals surface area contributed by atoms with Crippen LogP contribution in [0.3, 0.4) is 0 Å². The first-order chi connectivity index (χ1) is 9.38.